The zero-order valence-electron chi connectivity index (χ0n) is 13.1. The van der Waals surface area contributed by atoms with Crippen molar-refractivity contribution in [1.82, 2.24) is 4.98 Å². The van der Waals surface area contributed by atoms with Crippen LogP contribution in [-0.2, 0) is 11.3 Å². The Hall–Kier alpha value is -2.47. The molecule has 0 bridgehead atoms. The summed E-state index contributed by atoms with van der Waals surface area (Å²) in [5, 5.41) is 0.762. The number of esters is 1. The second-order valence-electron chi connectivity index (χ2n) is 5.44. The van der Waals surface area contributed by atoms with E-state index in [2.05, 4.69) is 20.9 Å². The Balaban J connectivity index is 1.92. The van der Waals surface area contributed by atoms with E-state index in [0.29, 0.717) is 21.2 Å². The highest BCUT2D eigenvalue weighted by Crippen LogP contribution is 2.24. The Labute approximate surface area is 146 Å². The molecule has 0 unspecified atom stereocenters. The number of benzene rings is 1. The molecule has 0 aliphatic carbocycles. The molecule has 3 aromatic rings. The standard InChI is InChI=1S/C18H14BrNO4/c1-10-3-4-15-13(6-16(21)24-17(15)11(10)2)9-23-18(22)12-5-14(19)8-20-7-12/h3-8H,9H2,1-2H3. The number of pyridine rings is 1. The maximum Gasteiger partial charge on any atom is 0.340 e. The van der Waals surface area contributed by atoms with Crippen LogP contribution in [0.5, 0.6) is 0 Å². The molecule has 0 fully saturated rings. The maximum atomic E-state index is 12.1. The normalized spacial score (nSPS) is 10.8. The third-order valence-corrected chi connectivity index (χ3v) is 4.25. The Morgan fingerprint density at radius 3 is 2.79 bits per heavy atom. The molecule has 2 heterocycles. The lowest BCUT2D eigenvalue weighted by Crippen LogP contribution is -2.08. The van der Waals surface area contributed by atoms with E-state index in [4.69, 9.17) is 9.15 Å². The fraction of sp³-hybridized carbons (Fsp3) is 0.167. The number of nitrogens with zero attached hydrogens (tertiary/aromatic N) is 1. The van der Waals surface area contributed by atoms with Crippen LogP contribution in [0, 0.1) is 13.8 Å². The molecule has 0 radical (unpaired) electrons. The molecule has 0 atom stereocenters. The van der Waals surface area contributed by atoms with E-state index in [0.717, 1.165) is 16.5 Å². The van der Waals surface area contributed by atoms with E-state index in [-0.39, 0.29) is 6.61 Å². The fourth-order valence-electron chi connectivity index (χ4n) is 2.39. The predicted octanol–water partition coefficient (Wildman–Crippen LogP) is 3.92. The van der Waals surface area contributed by atoms with Gasteiger partial charge in [0, 0.05) is 33.9 Å². The molecular formula is C18H14BrNO4. The average Bonchev–Trinajstić information content (AvgIpc) is 2.56. The maximum absolute atomic E-state index is 12.1. The van der Waals surface area contributed by atoms with E-state index in [1.807, 2.05) is 26.0 Å². The number of aryl methyl sites for hydroxylation is 2. The van der Waals surface area contributed by atoms with Crippen LogP contribution in [0.4, 0.5) is 0 Å². The summed E-state index contributed by atoms with van der Waals surface area (Å²) in [6, 6.07) is 6.79. The number of rotatable bonds is 3. The average molecular weight is 388 g/mol. The lowest BCUT2D eigenvalue weighted by atomic mass is 10.0. The monoisotopic (exact) mass is 387 g/mol. The smallest absolute Gasteiger partial charge is 0.340 e. The molecule has 122 valence electrons. The van der Waals surface area contributed by atoms with Crippen LogP contribution in [0.3, 0.4) is 0 Å². The quantitative estimate of drug-likeness (QED) is 0.503. The molecule has 0 amide bonds. The molecule has 0 saturated heterocycles. The van der Waals surface area contributed by atoms with E-state index < -0.39 is 11.6 Å². The number of fused-ring (bicyclic) bond motifs is 1. The number of aromatic nitrogens is 1. The number of ether oxygens (including phenoxy) is 1. The molecule has 24 heavy (non-hydrogen) atoms. The summed E-state index contributed by atoms with van der Waals surface area (Å²) in [5.41, 5.74) is 2.93. The zero-order chi connectivity index (χ0) is 17.3. The second kappa shape index (κ2) is 6.57. The Bertz CT molecular complexity index is 994. The molecule has 2 aromatic heterocycles. The molecule has 0 aliphatic heterocycles. The topological polar surface area (TPSA) is 69.4 Å². The van der Waals surface area contributed by atoms with Crippen LogP contribution >= 0.6 is 15.9 Å². The minimum absolute atomic E-state index is 0.0179. The van der Waals surface area contributed by atoms with Crippen molar-refractivity contribution < 1.29 is 13.9 Å². The third kappa shape index (κ3) is 3.23. The summed E-state index contributed by atoms with van der Waals surface area (Å²) >= 11 is 3.26. The molecule has 0 spiro atoms. The van der Waals surface area contributed by atoms with E-state index >= 15 is 0 Å². The summed E-state index contributed by atoms with van der Waals surface area (Å²) in [6.45, 7) is 3.82. The van der Waals surface area contributed by atoms with Crippen LogP contribution in [0.2, 0.25) is 0 Å². The predicted molar refractivity (Wildman–Crippen MR) is 93.0 cm³/mol. The van der Waals surface area contributed by atoms with Crippen LogP contribution in [0.25, 0.3) is 11.0 Å². The van der Waals surface area contributed by atoms with Gasteiger partial charge in [-0.1, -0.05) is 12.1 Å². The number of carbonyl (C=O) groups excluding carboxylic acids is 1. The van der Waals surface area contributed by atoms with Crippen molar-refractivity contribution in [1.29, 1.82) is 0 Å². The van der Waals surface area contributed by atoms with Gasteiger partial charge in [0.05, 0.1) is 5.56 Å². The van der Waals surface area contributed by atoms with E-state index in [1.54, 1.807) is 12.3 Å². The molecule has 5 nitrogen and oxygen atoms in total. The molecule has 0 saturated carbocycles. The van der Waals surface area contributed by atoms with Gasteiger partial charge in [0.2, 0.25) is 0 Å². The van der Waals surface area contributed by atoms with Gasteiger partial charge in [0.15, 0.2) is 0 Å². The molecular weight excluding hydrogens is 374 g/mol. The van der Waals surface area contributed by atoms with Gasteiger partial charge in [-0.15, -0.1) is 0 Å². The lowest BCUT2D eigenvalue weighted by Gasteiger charge is -2.09. The van der Waals surface area contributed by atoms with Crippen molar-refractivity contribution in [2.24, 2.45) is 0 Å². The third-order valence-electron chi connectivity index (χ3n) is 3.82. The molecule has 0 aliphatic rings. The van der Waals surface area contributed by atoms with Gasteiger partial charge in [-0.25, -0.2) is 9.59 Å². The molecule has 3 rings (SSSR count). The van der Waals surface area contributed by atoms with Crippen LogP contribution in [0.1, 0.15) is 27.0 Å². The summed E-state index contributed by atoms with van der Waals surface area (Å²) in [4.78, 5) is 27.9. The van der Waals surface area contributed by atoms with Gasteiger partial charge < -0.3 is 9.15 Å². The summed E-state index contributed by atoms with van der Waals surface area (Å²) in [5.74, 6) is -0.506. The van der Waals surface area contributed by atoms with Gasteiger partial charge >= 0.3 is 11.6 Å². The largest absolute Gasteiger partial charge is 0.457 e. The van der Waals surface area contributed by atoms with Crippen LogP contribution < -0.4 is 5.63 Å². The van der Waals surface area contributed by atoms with E-state index in [9.17, 15) is 9.59 Å². The highest BCUT2D eigenvalue weighted by molar-refractivity contribution is 9.10. The highest BCUT2D eigenvalue weighted by Gasteiger charge is 2.13. The summed E-state index contributed by atoms with van der Waals surface area (Å²) in [7, 11) is 0. The minimum atomic E-state index is -0.506. The van der Waals surface area contributed by atoms with Gasteiger partial charge in [-0.05, 0) is 47.0 Å². The molecule has 0 N–H and O–H groups in total. The SMILES string of the molecule is Cc1ccc2c(COC(=O)c3cncc(Br)c3)cc(=O)oc2c1C. The van der Waals surface area contributed by atoms with Crippen LogP contribution in [0.15, 0.2) is 50.3 Å². The van der Waals surface area contributed by atoms with Crippen molar-refractivity contribution in [2.45, 2.75) is 20.5 Å². The van der Waals surface area contributed by atoms with Gasteiger partial charge in [0.25, 0.3) is 0 Å². The minimum Gasteiger partial charge on any atom is -0.457 e. The fourth-order valence-corrected chi connectivity index (χ4v) is 2.76. The molecule has 1 aromatic carbocycles. The first-order chi connectivity index (χ1) is 11.5. The van der Waals surface area contributed by atoms with Crippen LogP contribution in [-0.4, -0.2) is 11.0 Å². The van der Waals surface area contributed by atoms with Crippen molar-refractivity contribution in [3.05, 3.63) is 73.8 Å². The van der Waals surface area contributed by atoms with Gasteiger partial charge in [-0.2, -0.15) is 0 Å². The van der Waals surface area contributed by atoms with Crippen molar-refractivity contribution >= 4 is 32.9 Å². The van der Waals surface area contributed by atoms with Gasteiger partial charge in [-0.3, -0.25) is 4.98 Å². The summed E-state index contributed by atoms with van der Waals surface area (Å²) < 4.78 is 11.3. The Kier molecular flexibility index (Phi) is 4.49. The van der Waals surface area contributed by atoms with Crippen molar-refractivity contribution in [2.75, 3.05) is 0 Å². The van der Waals surface area contributed by atoms with Gasteiger partial charge in [0.1, 0.15) is 12.2 Å². The number of hydrogen-bond acceptors (Lipinski definition) is 5. The number of hydrogen-bond donors (Lipinski definition) is 0. The first-order valence-corrected chi connectivity index (χ1v) is 8.05. The zero-order valence-corrected chi connectivity index (χ0v) is 14.7. The summed E-state index contributed by atoms with van der Waals surface area (Å²) in [6.07, 6.45) is 3.01. The first kappa shape index (κ1) is 16.4. The first-order valence-electron chi connectivity index (χ1n) is 7.26. The van der Waals surface area contributed by atoms with Crippen molar-refractivity contribution in [3.8, 4) is 0 Å². The lowest BCUT2D eigenvalue weighted by molar-refractivity contribution is 0.0473. The Morgan fingerprint density at radius 1 is 1.25 bits per heavy atom. The number of carbonyl (C=O) groups is 1. The Morgan fingerprint density at radius 2 is 2.04 bits per heavy atom. The number of halogens is 1. The highest BCUT2D eigenvalue weighted by atomic mass is 79.9. The second-order valence-corrected chi connectivity index (χ2v) is 6.36. The van der Waals surface area contributed by atoms with Crippen molar-refractivity contribution in [3.63, 3.8) is 0 Å². The van der Waals surface area contributed by atoms with E-state index in [1.165, 1.54) is 12.3 Å². The molecule has 6 heteroatoms.